The van der Waals surface area contributed by atoms with Crippen LogP contribution in [0, 0.1) is 6.92 Å². The van der Waals surface area contributed by atoms with Crippen LogP contribution >= 0.6 is 0 Å². The lowest BCUT2D eigenvalue weighted by molar-refractivity contribution is -0.137. The van der Waals surface area contributed by atoms with Crippen LogP contribution in [-0.2, 0) is 17.3 Å². The molecule has 0 saturated heterocycles. The summed E-state index contributed by atoms with van der Waals surface area (Å²) in [6, 6.07) is 13.2. The van der Waals surface area contributed by atoms with Crippen LogP contribution < -0.4 is 10.6 Å². The molecule has 4 rings (SSSR count). The van der Waals surface area contributed by atoms with Crippen molar-refractivity contribution in [1.82, 2.24) is 15.1 Å². The number of nitrogens with one attached hydrogen (secondary N) is 2. The van der Waals surface area contributed by atoms with Crippen molar-refractivity contribution < 1.29 is 18.0 Å². The maximum Gasteiger partial charge on any atom is 0.416 e. The Bertz CT molecular complexity index is 1240. The second-order valence-corrected chi connectivity index (χ2v) is 10.2. The summed E-state index contributed by atoms with van der Waals surface area (Å²) >= 11 is 0. The van der Waals surface area contributed by atoms with E-state index in [4.69, 9.17) is 0 Å². The summed E-state index contributed by atoms with van der Waals surface area (Å²) < 4.78 is 41.1. The van der Waals surface area contributed by atoms with Gasteiger partial charge in [0.2, 0.25) is 0 Å². The number of nitrogens with zero attached hydrogens (tertiary/aromatic N) is 2. The first-order valence-corrected chi connectivity index (χ1v) is 12.3. The number of anilines is 1. The molecule has 1 aliphatic heterocycles. The number of alkyl halides is 3. The average molecular weight is 499 g/mol. The highest BCUT2D eigenvalue weighted by atomic mass is 19.4. The Morgan fingerprint density at radius 2 is 1.69 bits per heavy atom. The molecule has 0 radical (unpaired) electrons. The molecule has 0 saturated carbocycles. The summed E-state index contributed by atoms with van der Waals surface area (Å²) in [5, 5.41) is 11.2. The summed E-state index contributed by atoms with van der Waals surface area (Å²) in [5.74, 6) is 0.333. The molecule has 36 heavy (non-hydrogen) atoms. The number of carbonyl (C=O) groups excluding carboxylic acids is 1. The molecule has 2 N–H and O–H groups in total. The average Bonchev–Trinajstić information content (AvgIpc) is 3.27. The number of hydrogen-bond donors (Lipinski definition) is 2. The fourth-order valence-electron chi connectivity index (χ4n) is 5.25. The van der Waals surface area contributed by atoms with Gasteiger partial charge in [-0.3, -0.25) is 4.79 Å². The van der Waals surface area contributed by atoms with Gasteiger partial charge in [-0.15, -0.1) is 0 Å². The van der Waals surface area contributed by atoms with E-state index in [0.717, 1.165) is 18.6 Å². The molecule has 0 fully saturated rings. The number of aryl methyl sites for hydroxylation is 1. The molecule has 0 bridgehead atoms. The zero-order chi connectivity index (χ0) is 26.3. The Morgan fingerprint density at radius 1 is 1.08 bits per heavy atom. The first kappa shape index (κ1) is 25.8. The summed E-state index contributed by atoms with van der Waals surface area (Å²) in [4.78, 5) is 13.6. The quantitative estimate of drug-likeness (QED) is 0.387. The van der Waals surface area contributed by atoms with Gasteiger partial charge >= 0.3 is 6.18 Å². The highest BCUT2D eigenvalue weighted by Crippen LogP contribution is 2.41. The molecule has 5 nitrogen and oxygen atoms in total. The zero-order valence-corrected chi connectivity index (χ0v) is 21.3. The minimum atomic E-state index is -4.41. The van der Waals surface area contributed by atoms with Crippen LogP contribution in [0.25, 0.3) is 0 Å². The second kappa shape index (κ2) is 9.30. The van der Waals surface area contributed by atoms with Crippen molar-refractivity contribution in [3.05, 3.63) is 82.5 Å². The maximum atomic E-state index is 13.6. The number of amides is 1. The molecule has 3 aromatic rings. The fraction of sp³-hybridized carbons (Fsp3) is 0.429. The first-order valence-electron chi connectivity index (χ1n) is 12.3. The van der Waals surface area contributed by atoms with Crippen molar-refractivity contribution in [2.24, 2.45) is 0 Å². The van der Waals surface area contributed by atoms with Gasteiger partial charge in [0.25, 0.3) is 5.91 Å². The zero-order valence-electron chi connectivity index (χ0n) is 21.3. The molecular formula is C28H33F3N4O. The smallest absolute Gasteiger partial charge is 0.363 e. The molecule has 192 valence electrons. The monoisotopic (exact) mass is 498 g/mol. The Balaban J connectivity index is 1.67. The van der Waals surface area contributed by atoms with Crippen molar-refractivity contribution in [1.29, 1.82) is 0 Å². The Kier molecular flexibility index (Phi) is 6.66. The number of carbonyl (C=O) groups is 1. The molecule has 1 aromatic heterocycles. The lowest BCUT2D eigenvalue weighted by atomic mass is 9.84. The SMILES string of the molecule is CCC(CC)(NC(=O)c1cnn2c1NC(c1ccccc1C)CC2(C)C)c1ccc(C(F)(F)F)cc1. The minimum Gasteiger partial charge on any atom is -0.363 e. The summed E-state index contributed by atoms with van der Waals surface area (Å²) in [5.41, 5.74) is 1.55. The largest absolute Gasteiger partial charge is 0.416 e. The van der Waals surface area contributed by atoms with E-state index in [-0.39, 0.29) is 17.5 Å². The predicted octanol–water partition coefficient (Wildman–Crippen LogP) is 6.95. The van der Waals surface area contributed by atoms with E-state index in [0.29, 0.717) is 29.8 Å². The standard InChI is InChI=1S/C28H33F3N4O/c1-6-27(7-2,19-12-14-20(15-13-19)28(29,30)31)34-25(36)22-17-32-35-24(22)33-23(16-26(35,4)5)21-11-9-8-10-18(21)3/h8-15,17,23,33H,6-7,16H2,1-5H3,(H,34,36). The molecule has 0 aliphatic carbocycles. The molecule has 1 atom stereocenters. The fourth-order valence-corrected chi connectivity index (χ4v) is 5.25. The van der Waals surface area contributed by atoms with Crippen molar-refractivity contribution in [2.75, 3.05) is 5.32 Å². The van der Waals surface area contributed by atoms with Crippen LogP contribution in [0.15, 0.2) is 54.7 Å². The van der Waals surface area contributed by atoms with Crippen LogP contribution in [0.4, 0.5) is 19.0 Å². The van der Waals surface area contributed by atoms with Gasteiger partial charge in [0.05, 0.1) is 28.9 Å². The van der Waals surface area contributed by atoms with Crippen molar-refractivity contribution in [3.63, 3.8) is 0 Å². The van der Waals surface area contributed by atoms with Crippen LogP contribution in [0.1, 0.15) is 85.6 Å². The number of rotatable bonds is 6. The lowest BCUT2D eigenvalue weighted by Gasteiger charge is -2.39. The maximum absolute atomic E-state index is 13.6. The van der Waals surface area contributed by atoms with Gasteiger partial charge in [-0.25, -0.2) is 4.68 Å². The number of aromatic nitrogens is 2. The topological polar surface area (TPSA) is 59.0 Å². The number of hydrogen-bond acceptors (Lipinski definition) is 3. The normalized spacial score (nSPS) is 17.3. The Labute approximate surface area is 210 Å². The van der Waals surface area contributed by atoms with E-state index >= 15 is 0 Å². The van der Waals surface area contributed by atoms with Crippen molar-refractivity contribution in [3.8, 4) is 0 Å². The van der Waals surface area contributed by atoms with E-state index < -0.39 is 17.3 Å². The Morgan fingerprint density at radius 3 is 2.28 bits per heavy atom. The van der Waals surface area contributed by atoms with E-state index in [9.17, 15) is 18.0 Å². The van der Waals surface area contributed by atoms with Gasteiger partial charge in [-0.1, -0.05) is 50.2 Å². The van der Waals surface area contributed by atoms with Crippen LogP contribution in [-0.4, -0.2) is 15.7 Å². The van der Waals surface area contributed by atoms with E-state index in [1.54, 1.807) is 6.20 Å². The lowest BCUT2D eigenvalue weighted by Crippen LogP contribution is -2.45. The highest BCUT2D eigenvalue weighted by molar-refractivity contribution is 5.99. The van der Waals surface area contributed by atoms with Gasteiger partial charge in [-0.2, -0.15) is 18.3 Å². The van der Waals surface area contributed by atoms with Crippen LogP contribution in [0.3, 0.4) is 0 Å². The summed E-state index contributed by atoms with van der Waals surface area (Å²) in [6.45, 7) is 10.1. The molecule has 0 spiro atoms. The van der Waals surface area contributed by atoms with E-state index in [2.05, 4.69) is 48.6 Å². The number of benzene rings is 2. The van der Waals surface area contributed by atoms with Crippen LogP contribution in [0.5, 0.6) is 0 Å². The van der Waals surface area contributed by atoms with Gasteiger partial charge in [0.15, 0.2) is 0 Å². The van der Waals surface area contributed by atoms with Crippen molar-refractivity contribution >= 4 is 11.7 Å². The highest BCUT2D eigenvalue weighted by Gasteiger charge is 2.39. The summed E-state index contributed by atoms with van der Waals surface area (Å²) in [6.07, 6.45) is -0.995. The molecule has 1 unspecified atom stereocenters. The molecule has 1 aliphatic rings. The molecule has 2 heterocycles. The predicted molar refractivity (Wildman–Crippen MR) is 135 cm³/mol. The second-order valence-electron chi connectivity index (χ2n) is 10.2. The van der Waals surface area contributed by atoms with Gasteiger partial charge in [-0.05, 0) is 68.9 Å². The molecule has 8 heteroatoms. The molecule has 1 amide bonds. The molecular weight excluding hydrogens is 465 g/mol. The van der Waals surface area contributed by atoms with Crippen molar-refractivity contribution in [2.45, 2.75) is 77.2 Å². The third kappa shape index (κ3) is 4.61. The van der Waals surface area contributed by atoms with E-state index in [1.807, 2.05) is 30.7 Å². The number of halogens is 3. The third-order valence-corrected chi connectivity index (χ3v) is 7.49. The minimum absolute atomic E-state index is 0.00831. The summed E-state index contributed by atoms with van der Waals surface area (Å²) in [7, 11) is 0. The van der Waals surface area contributed by atoms with Crippen LogP contribution in [0.2, 0.25) is 0 Å². The first-order chi connectivity index (χ1) is 16.9. The van der Waals surface area contributed by atoms with Gasteiger partial charge < -0.3 is 10.6 Å². The van der Waals surface area contributed by atoms with Gasteiger partial charge in [0.1, 0.15) is 11.4 Å². The third-order valence-electron chi connectivity index (χ3n) is 7.49. The van der Waals surface area contributed by atoms with E-state index in [1.165, 1.54) is 23.3 Å². The number of fused-ring (bicyclic) bond motifs is 1. The van der Waals surface area contributed by atoms with Gasteiger partial charge in [0, 0.05) is 0 Å². The molecule has 2 aromatic carbocycles. The Hall–Kier alpha value is -3.29.